The van der Waals surface area contributed by atoms with Crippen LogP contribution >= 0.6 is 23.2 Å². The molecular weight excluding hydrogens is 618 g/mol. The van der Waals surface area contributed by atoms with Crippen LogP contribution in [-0.4, -0.2) is 37.9 Å². The molecule has 0 aliphatic heterocycles. The van der Waals surface area contributed by atoms with Gasteiger partial charge in [0.25, 0.3) is 5.56 Å². The van der Waals surface area contributed by atoms with Gasteiger partial charge in [-0.05, 0) is 55.3 Å². The van der Waals surface area contributed by atoms with Crippen molar-refractivity contribution in [3.05, 3.63) is 98.4 Å². The van der Waals surface area contributed by atoms with E-state index in [9.17, 15) is 18.0 Å². The lowest BCUT2D eigenvalue weighted by Crippen LogP contribution is -2.24. The van der Waals surface area contributed by atoms with E-state index >= 15 is 0 Å². The molecular formula is C31H26Cl2F3N5O3. The smallest absolute Gasteiger partial charge is 0.475 e. The zero-order chi connectivity index (χ0) is 32.0. The number of nitrogens with two attached hydrogens (primary N) is 1. The molecule has 0 spiro atoms. The fourth-order valence-electron chi connectivity index (χ4n) is 4.67. The van der Waals surface area contributed by atoms with Gasteiger partial charge in [0.15, 0.2) is 0 Å². The predicted octanol–water partition coefficient (Wildman–Crippen LogP) is 7.01. The second-order valence-electron chi connectivity index (χ2n) is 9.82. The van der Waals surface area contributed by atoms with Gasteiger partial charge in [-0.1, -0.05) is 60.0 Å². The van der Waals surface area contributed by atoms with Crippen molar-refractivity contribution in [1.29, 1.82) is 5.26 Å². The second-order valence-corrected chi connectivity index (χ2v) is 10.6. The number of benzene rings is 3. The van der Waals surface area contributed by atoms with Crippen molar-refractivity contribution in [2.24, 2.45) is 5.73 Å². The highest BCUT2D eigenvalue weighted by molar-refractivity contribution is 6.42. The minimum atomic E-state index is -5.08. The molecule has 5 aromatic rings. The van der Waals surface area contributed by atoms with Crippen molar-refractivity contribution in [2.45, 2.75) is 38.5 Å². The monoisotopic (exact) mass is 643 g/mol. The maximum Gasteiger partial charge on any atom is 0.490 e. The van der Waals surface area contributed by atoms with Crippen LogP contribution < -0.4 is 11.3 Å². The summed E-state index contributed by atoms with van der Waals surface area (Å²) in [5, 5.41) is 18.0. The molecule has 44 heavy (non-hydrogen) atoms. The van der Waals surface area contributed by atoms with Gasteiger partial charge < -0.3 is 20.0 Å². The van der Waals surface area contributed by atoms with E-state index < -0.39 is 12.1 Å². The molecule has 0 radical (unpaired) electrons. The van der Waals surface area contributed by atoms with E-state index in [4.69, 9.17) is 49.1 Å². The lowest BCUT2D eigenvalue weighted by molar-refractivity contribution is -0.192. The normalized spacial score (nSPS) is 11.3. The van der Waals surface area contributed by atoms with Gasteiger partial charge in [0, 0.05) is 35.8 Å². The third-order valence-corrected chi connectivity index (χ3v) is 7.52. The first-order chi connectivity index (χ1) is 20.9. The van der Waals surface area contributed by atoms with E-state index in [-0.39, 0.29) is 5.56 Å². The van der Waals surface area contributed by atoms with Crippen LogP contribution in [-0.2, 0) is 17.9 Å². The zero-order valence-electron chi connectivity index (χ0n) is 23.1. The molecule has 3 aromatic carbocycles. The third kappa shape index (κ3) is 7.39. The predicted molar refractivity (Wildman–Crippen MR) is 164 cm³/mol. The first-order valence-corrected chi connectivity index (χ1v) is 14.2. The number of hydrogen-bond donors (Lipinski definition) is 2. The highest BCUT2D eigenvalue weighted by Gasteiger charge is 2.38. The number of carbonyl (C=O) groups is 1. The van der Waals surface area contributed by atoms with Crippen molar-refractivity contribution < 1.29 is 23.1 Å². The minimum Gasteiger partial charge on any atom is -0.475 e. The van der Waals surface area contributed by atoms with Gasteiger partial charge >= 0.3 is 12.1 Å². The first kappa shape index (κ1) is 32.5. The molecule has 0 saturated carbocycles. The number of alkyl halides is 3. The average Bonchev–Trinajstić information content (AvgIpc) is 3.35. The standard InChI is InChI=1S/C29H25Cl2N5O.C2HF3O2/c30-23-14-25-27(15-24(23)31)36(13-5-1-4-12-32)29(37)28(34-25)22-18-35(26-7-3-2-6-21(22)26)17-20-10-8-19(16-33)9-11-20;3-2(4,5)1(6)7/h2-3,6-11,14-15,18H,1,4-5,12-13,17,32H2;(H,6,7). The number of halogens is 5. The largest absolute Gasteiger partial charge is 0.490 e. The minimum absolute atomic E-state index is 0.167. The van der Waals surface area contributed by atoms with E-state index in [0.717, 1.165) is 41.3 Å². The number of carboxylic acid groups (broad SMARTS) is 1. The summed E-state index contributed by atoms with van der Waals surface area (Å²) in [5.74, 6) is -2.76. The van der Waals surface area contributed by atoms with E-state index in [1.54, 1.807) is 16.7 Å². The Labute approximate surface area is 259 Å². The topological polar surface area (TPSA) is 127 Å². The van der Waals surface area contributed by atoms with Gasteiger partial charge in [-0.3, -0.25) is 4.79 Å². The molecule has 0 aliphatic carbocycles. The first-order valence-electron chi connectivity index (χ1n) is 13.4. The van der Waals surface area contributed by atoms with Crippen LogP contribution in [0.3, 0.4) is 0 Å². The maximum atomic E-state index is 13.9. The van der Waals surface area contributed by atoms with E-state index in [2.05, 4.69) is 10.6 Å². The van der Waals surface area contributed by atoms with Crippen molar-refractivity contribution in [1.82, 2.24) is 14.1 Å². The number of fused-ring (bicyclic) bond motifs is 2. The molecule has 5 rings (SSSR count). The second kappa shape index (κ2) is 13.9. The molecule has 2 aromatic heterocycles. The number of aromatic nitrogens is 3. The number of unbranched alkanes of at least 4 members (excludes halogenated alkanes) is 2. The van der Waals surface area contributed by atoms with Crippen molar-refractivity contribution in [3.8, 4) is 17.3 Å². The Morgan fingerprint density at radius 3 is 2.30 bits per heavy atom. The molecule has 3 N–H and O–H groups in total. The molecule has 13 heteroatoms. The van der Waals surface area contributed by atoms with Gasteiger partial charge in [0.05, 0.1) is 32.7 Å². The van der Waals surface area contributed by atoms with Crippen LogP contribution in [0.15, 0.2) is 71.7 Å². The Bertz CT molecular complexity index is 1910. The summed E-state index contributed by atoms with van der Waals surface area (Å²) >= 11 is 12.7. The fourth-order valence-corrected chi connectivity index (χ4v) is 4.99. The number of carboxylic acids is 1. The number of para-hydroxylation sites is 1. The summed E-state index contributed by atoms with van der Waals surface area (Å²) in [6.45, 7) is 1.75. The van der Waals surface area contributed by atoms with Gasteiger partial charge in [-0.15, -0.1) is 0 Å². The van der Waals surface area contributed by atoms with Crippen LogP contribution in [0.25, 0.3) is 33.2 Å². The number of hydrogen-bond acceptors (Lipinski definition) is 5. The lowest BCUT2D eigenvalue weighted by Gasteiger charge is -2.13. The van der Waals surface area contributed by atoms with Crippen LogP contribution in [0.4, 0.5) is 13.2 Å². The van der Waals surface area contributed by atoms with Crippen molar-refractivity contribution in [3.63, 3.8) is 0 Å². The molecule has 2 heterocycles. The van der Waals surface area contributed by atoms with Crippen LogP contribution in [0.1, 0.15) is 30.4 Å². The Morgan fingerprint density at radius 2 is 1.66 bits per heavy atom. The maximum absolute atomic E-state index is 13.9. The van der Waals surface area contributed by atoms with E-state index in [0.29, 0.717) is 52.0 Å². The van der Waals surface area contributed by atoms with Gasteiger partial charge in [0.2, 0.25) is 0 Å². The molecule has 0 saturated heterocycles. The third-order valence-electron chi connectivity index (χ3n) is 6.80. The number of nitrogens with zero attached hydrogens (tertiary/aromatic N) is 4. The fraction of sp³-hybridized carbons (Fsp3) is 0.226. The van der Waals surface area contributed by atoms with Crippen LogP contribution in [0, 0.1) is 11.3 Å². The number of rotatable bonds is 8. The number of aliphatic carboxylic acids is 1. The zero-order valence-corrected chi connectivity index (χ0v) is 24.6. The number of nitriles is 1. The van der Waals surface area contributed by atoms with Crippen LogP contribution in [0.5, 0.6) is 0 Å². The Balaban J connectivity index is 0.000000566. The summed E-state index contributed by atoms with van der Waals surface area (Å²) < 4.78 is 35.6. The Morgan fingerprint density at radius 1 is 1.00 bits per heavy atom. The molecule has 0 aliphatic rings. The molecule has 8 nitrogen and oxygen atoms in total. The summed E-state index contributed by atoms with van der Waals surface area (Å²) in [6.07, 6.45) is -0.460. The molecule has 228 valence electrons. The van der Waals surface area contributed by atoms with Gasteiger partial charge in [-0.2, -0.15) is 18.4 Å². The molecule has 0 amide bonds. The highest BCUT2D eigenvalue weighted by Crippen LogP contribution is 2.32. The Kier molecular flexibility index (Phi) is 10.3. The molecule has 0 unspecified atom stereocenters. The summed E-state index contributed by atoms with van der Waals surface area (Å²) in [7, 11) is 0. The summed E-state index contributed by atoms with van der Waals surface area (Å²) in [4.78, 5) is 27.6. The molecule has 0 fully saturated rings. The quantitative estimate of drug-likeness (QED) is 0.175. The summed E-state index contributed by atoms with van der Waals surface area (Å²) in [5.41, 5.74) is 10.6. The highest BCUT2D eigenvalue weighted by atomic mass is 35.5. The van der Waals surface area contributed by atoms with Gasteiger partial charge in [0.1, 0.15) is 5.69 Å². The SMILES string of the molecule is N#Cc1ccc(Cn2cc(-c3nc4cc(Cl)c(Cl)cc4n(CCCCCN)c3=O)c3ccccc32)cc1.O=C(O)C(F)(F)F. The Hall–Kier alpha value is -4.37. The lowest BCUT2D eigenvalue weighted by atomic mass is 10.1. The average molecular weight is 644 g/mol. The summed E-state index contributed by atoms with van der Waals surface area (Å²) in [6, 6.07) is 21.1. The molecule has 0 bridgehead atoms. The van der Waals surface area contributed by atoms with Crippen molar-refractivity contribution in [2.75, 3.05) is 6.54 Å². The number of aryl methyl sites for hydroxylation is 1. The van der Waals surface area contributed by atoms with E-state index in [1.165, 1.54) is 0 Å². The van der Waals surface area contributed by atoms with Crippen LogP contribution in [0.2, 0.25) is 10.0 Å². The van der Waals surface area contributed by atoms with Crippen molar-refractivity contribution >= 4 is 51.1 Å². The van der Waals surface area contributed by atoms with E-state index in [1.807, 2.05) is 54.7 Å². The molecule has 0 atom stereocenters. The van der Waals surface area contributed by atoms with Gasteiger partial charge in [-0.25, -0.2) is 9.78 Å².